The average Bonchev–Trinajstić information content (AvgIpc) is 2.44. The Hall–Kier alpha value is -0.710. The van der Waals surface area contributed by atoms with Crippen LogP contribution < -0.4 is 5.32 Å². The van der Waals surface area contributed by atoms with Gasteiger partial charge < -0.3 is 5.32 Å². The Morgan fingerprint density at radius 1 is 1.10 bits per heavy atom. The first kappa shape index (κ1) is 15.7. The summed E-state index contributed by atoms with van der Waals surface area (Å²) in [7, 11) is 0. The Morgan fingerprint density at radius 3 is 2.45 bits per heavy atom. The second kappa shape index (κ2) is 7.34. The zero-order valence-corrected chi connectivity index (χ0v) is 14.3. The van der Waals surface area contributed by atoms with Crippen molar-refractivity contribution in [2.75, 3.05) is 6.54 Å². The van der Waals surface area contributed by atoms with E-state index in [0.29, 0.717) is 4.47 Å². The molecule has 0 saturated carbocycles. The molecule has 1 atom stereocenters. The molecule has 0 aliphatic rings. The molecule has 106 valence electrons. The second-order valence-corrected chi connectivity index (χ2v) is 6.29. The molecule has 1 unspecified atom stereocenters. The number of benzene rings is 2. The Balaban J connectivity index is 2.25. The van der Waals surface area contributed by atoms with Gasteiger partial charge in [0.15, 0.2) is 0 Å². The van der Waals surface area contributed by atoms with Gasteiger partial charge in [0.25, 0.3) is 0 Å². The lowest BCUT2D eigenvalue weighted by Crippen LogP contribution is -2.23. The zero-order valence-electron chi connectivity index (χ0n) is 11.2. The molecule has 2 rings (SSSR count). The van der Waals surface area contributed by atoms with E-state index in [4.69, 9.17) is 0 Å². The molecule has 0 amide bonds. The lowest BCUT2D eigenvalue weighted by Gasteiger charge is -2.19. The minimum Gasteiger partial charge on any atom is -0.310 e. The fourth-order valence-corrected chi connectivity index (χ4v) is 2.87. The van der Waals surface area contributed by atoms with Crippen molar-refractivity contribution < 1.29 is 4.39 Å². The number of hydrogen-bond acceptors (Lipinski definition) is 1. The van der Waals surface area contributed by atoms with Crippen LogP contribution in [0.5, 0.6) is 0 Å². The third-order valence-corrected chi connectivity index (χ3v) is 4.60. The van der Waals surface area contributed by atoms with E-state index in [-0.39, 0.29) is 11.9 Å². The standard InChI is InChI=1S/C16H16Br2FN/c1-2-20-15(11-6-8-13(17)9-7-11)10-12-4-3-5-14(19)16(12)18/h3-9,15,20H,2,10H2,1H3. The van der Waals surface area contributed by atoms with Crippen molar-refractivity contribution in [3.05, 3.63) is 68.4 Å². The molecule has 0 saturated heterocycles. The van der Waals surface area contributed by atoms with E-state index in [2.05, 4.69) is 56.2 Å². The summed E-state index contributed by atoms with van der Waals surface area (Å²) in [6.45, 7) is 2.94. The normalized spacial score (nSPS) is 12.4. The maximum Gasteiger partial charge on any atom is 0.137 e. The predicted octanol–water partition coefficient (Wildman–Crippen LogP) is 5.24. The molecule has 1 nitrogen and oxygen atoms in total. The van der Waals surface area contributed by atoms with Gasteiger partial charge in [-0.15, -0.1) is 0 Å². The molecule has 0 bridgehead atoms. The van der Waals surface area contributed by atoms with Gasteiger partial charge in [0.1, 0.15) is 5.82 Å². The van der Waals surface area contributed by atoms with Gasteiger partial charge in [0.2, 0.25) is 0 Å². The van der Waals surface area contributed by atoms with Crippen LogP contribution in [0.4, 0.5) is 4.39 Å². The first-order valence-corrected chi connectivity index (χ1v) is 8.12. The van der Waals surface area contributed by atoms with Crippen LogP contribution in [0.3, 0.4) is 0 Å². The molecule has 0 aromatic heterocycles. The Labute approximate surface area is 135 Å². The molecule has 4 heteroatoms. The van der Waals surface area contributed by atoms with Crippen LogP contribution in [0.25, 0.3) is 0 Å². The molecule has 2 aromatic carbocycles. The number of rotatable bonds is 5. The topological polar surface area (TPSA) is 12.0 Å². The average molecular weight is 401 g/mol. The van der Waals surface area contributed by atoms with Gasteiger partial charge >= 0.3 is 0 Å². The SMILES string of the molecule is CCNC(Cc1cccc(F)c1Br)c1ccc(Br)cc1. The molecule has 0 aliphatic carbocycles. The number of likely N-dealkylation sites (N-methyl/N-ethyl adjacent to an activating group) is 1. The lowest BCUT2D eigenvalue weighted by molar-refractivity contribution is 0.544. The van der Waals surface area contributed by atoms with Crippen LogP contribution in [0.15, 0.2) is 51.4 Å². The number of hydrogen-bond donors (Lipinski definition) is 1. The van der Waals surface area contributed by atoms with E-state index < -0.39 is 0 Å². The van der Waals surface area contributed by atoms with Crippen LogP contribution >= 0.6 is 31.9 Å². The van der Waals surface area contributed by atoms with Gasteiger partial charge in [-0.05, 0) is 58.2 Å². The van der Waals surface area contributed by atoms with Crippen molar-refractivity contribution in [1.82, 2.24) is 5.32 Å². The number of nitrogens with one attached hydrogen (secondary N) is 1. The summed E-state index contributed by atoms with van der Waals surface area (Å²) in [4.78, 5) is 0. The largest absolute Gasteiger partial charge is 0.310 e. The first-order chi connectivity index (χ1) is 9.61. The van der Waals surface area contributed by atoms with Gasteiger partial charge in [-0.25, -0.2) is 4.39 Å². The van der Waals surface area contributed by atoms with E-state index in [9.17, 15) is 4.39 Å². The Kier molecular flexibility index (Phi) is 5.75. The fraction of sp³-hybridized carbons (Fsp3) is 0.250. The van der Waals surface area contributed by atoms with Gasteiger partial charge in [-0.1, -0.05) is 47.1 Å². The summed E-state index contributed by atoms with van der Waals surface area (Å²) in [5.41, 5.74) is 2.17. The zero-order chi connectivity index (χ0) is 14.5. The van der Waals surface area contributed by atoms with Crippen LogP contribution in [0.2, 0.25) is 0 Å². The maximum absolute atomic E-state index is 13.6. The third kappa shape index (κ3) is 3.90. The van der Waals surface area contributed by atoms with Crippen LogP contribution in [-0.2, 0) is 6.42 Å². The summed E-state index contributed by atoms with van der Waals surface area (Å²) >= 11 is 6.78. The summed E-state index contributed by atoms with van der Waals surface area (Å²) in [6, 6.07) is 13.6. The minimum atomic E-state index is -0.214. The van der Waals surface area contributed by atoms with Crippen molar-refractivity contribution >= 4 is 31.9 Å². The molecule has 0 heterocycles. The molecule has 20 heavy (non-hydrogen) atoms. The highest BCUT2D eigenvalue weighted by Crippen LogP contribution is 2.26. The molecule has 0 aliphatic heterocycles. The highest BCUT2D eigenvalue weighted by molar-refractivity contribution is 9.10. The molecule has 2 aromatic rings. The quantitative estimate of drug-likeness (QED) is 0.723. The highest BCUT2D eigenvalue weighted by atomic mass is 79.9. The molecule has 0 radical (unpaired) electrons. The molecule has 0 fully saturated rings. The molecular weight excluding hydrogens is 385 g/mol. The smallest absolute Gasteiger partial charge is 0.137 e. The summed E-state index contributed by atoms with van der Waals surface area (Å²) in [6.07, 6.45) is 0.744. The van der Waals surface area contributed by atoms with Crippen molar-refractivity contribution in [2.45, 2.75) is 19.4 Å². The monoisotopic (exact) mass is 399 g/mol. The highest BCUT2D eigenvalue weighted by Gasteiger charge is 2.14. The summed E-state index contributed by atoms with van der Waals surface area (Å²) < 4.78 is 15.2. The fourth-order valence-electron chi connectivity index (χ4n) is 2.18. The summed E-state index contributed by atoms with van der Waals surface area (Å²) in [5, 5.41) is 3.45. The maximum atomic E-state index is 13.6. The molecule has 1 N–H and O–H groups in total. The van der Waals surface area contributed by atoms with Gasteiger partial charge in [0, 0.05) is 10.5 Å². The first-order valence-electron chi connectivity index (χ1n) is 6.53. The third-order valence-electron chi connectivity index (χ3n) is 3.18. The predicted molar refractivity (Wildman–Crippen MR) is 88.4 cm³/mol. The molecule has 0 spiro atoms. The van der Waals surface area contributed by atoms with Gasteiger partial charge in [-0.2, -0.15) is 0 Å². The van der Waals surface area contributed by atoms with E-state index in [1.165, 1.54) is 11.6 Å². The Bertz CT molecular complexity index is 569. The van der Waals surface area contributed by atoms with Crippen molar-refractivity contribution in [2.24, 2.45) is 0 Å². The van der Waals surface area contributed by atoms with Gasteiger partial charge in [0.05, 0.1) is 4.47 Å². The van der Waals surface area contributed by atoms with E-state index in [1.807, 2.05) is 18.2 Å². The van der Waals surface area contributed by atoms with Crippen molar-refractivity contribution in [3.63, 3.8) is 0 Å². The summed E-state index contributed by atoms with van der Waals surface area (Å²) in [5.74, 6) is -0.214. The van der Waals surface area contributed by atoms with Crippen LogP contribution in [0.1, 0.15) is 24.1 Å². The van der Waals surface area contributed by atoms with Crippen molar-refractivity contribution in [3.8, 4) is 0 Å². The van der Waals surface area contributed by atoms with Crippen molar-refractivity contribution in [1.29, 1.82) is 0 Å². The lowest BCUT2D eigenvalue weighted by atomic mass is 9.99. The van der Waals surface area contributed by atoms with Crippen LogP contribution in [-0.4, -0.2) is 6.54 Å². The van der Waals surface area contributed by atoms with Gasteiger partial charge in [-0.3, -0.25) is 0 Å². The molecular formula is C16H16Br2FN. The minimum absolute atomic E-state index is 0.172. The van der Waals surface area contributed by atoms with E-state index in [1.54, 1.807) is 6.07 Å². The van der Waals surface area contributed by atoms with E-state index in [0.717, 1.165) is 23.0 Å². The van der Waals surface area contributed by atoms with E-state index >= 15 is 0 Å². The number of halogens is 3. The second-order valence-electron chi connectivity index (χ2n) is 4.58. The van der Waals surface area contributed by atoms with Crippen LogP contribution in [0, 0.1) is 5.82 Å². The Morgan fingerprint density at radius 2 is 1.80 bits per heavy atom.